The summed E-state index contributed by atoms with van der Waals surface area (Å²) in [7, 11) is 4.53. The Kier molecular flexibility index (Phi) is 9.23. The van der Waals surface area contributed by atoms with Gasteiger partial charge in [-0.05, 0) is 61.0 Å². The van der Waals surface area contributed by atoms with Crippen molar-refractivity contribution in [3.8, 4) is 35.3 Å². The van der Waals surface area contributed by atoms with E-state index in [-0.39, 0.29) is 12.2 Å². The van der Waals surface area contributed by atoms with E-state index in [0.29, 0.717) is 60.4 Å². The molecule has 1 amide bonds. The Morgan fingerprint density at radius 1 is 1.07 bits per heavy atom. The number of thiazole rings is 1. The van der Waals surface area contributed by atoms with E-state index in [1.165, 1.54) is 37.2 Å². The van der Waals surface area contributed by atoms with E-state index in [2.05, 4.69) is 27.2 Å². The van der Waals surface area contributed by atoms with Crippen molar-refractivity contribution in [1.29, 1.82) is 0 Å². The van der Waals surface area contributed by atoms with Gasteiger partial charge in [-0.15, -0.1) is 6.42 Å². The molecule has 4 aromatic rings. The molecule has 0 spiro atoms. The fraction of sp³-hybridized carbons (Fsp3) is 0.182. The van der Waals surface area contributed by atoms with Crippen LogP contribution in [0.15, 0.2) is 86.2 Å². The molecule has 0 saturated heterocycles. The molecule has 9 nitrogen and oxygen atoms in total. The number of carbonyl (C=O) groups excluding carboxylic acids is 1. The maximum absolute atomic E-state index is 14.2. The Balaban J connectivity index is 1.75. The van der Waals surface area contributed by atoms with Gasteiger partial charge in [0.2, 0.25) is 5.75 Å². The molecule has 1 atom stereocenters. The number of benzene rings is 3. The van der Waals surface area contributed by atoms with Crippen molar-refractivity contribution in [2.24, 2.45) is 4.99 Å². The number of ether oxygens (including phenoxy) is 4. The van der Waals surface area contributed by atoms with Crippen molar-refractivity contribution in [3.63, 3.8) is 0 Å². The predicted molar refractivity (Wildman–Crippen MR) is 173 cm³/mol. The Hall–Kier alpha value is -4.79. The van der Waals surface area contributed by atoms with Crippen LogP contribution < -0.4 is 39.2 Å². The highest BCUT2D eigenvalue weighted by atomic mass is 79.9. The van der Waals surface area contributed by atoms with Crippen LogP contribution in [0.1, 0.15) is 24.1 Å². The number of halogens is 1. The minimum absolute atomic E-state index is 0.0734. The molecular weight excluding hydrogens is 646 g/mol. The number of aromatic nitrogens is 1. The third-order valence-electron chi connectivity index (χ3n) is 6.87. The fourth-order valence-corrected chi connectivity index (χ4v) is 6.35. The Morgan fingerprint density at radius 3 is 2.41 bits per heavy atom. The summed E-state index contributed by atoms with van der Waals surface area (Å²) in [6.45, 7) is 1.83. The second-order valence-corrected chi connectivity index (χ2v) is 11.5. The van der Waals surface area contributed by atoms with E-state index in [1.807, 2.05) is 30.3 Å². The largest absolute Gasteiger partial charge is 0.493 e. The maximum atomic E-state index is 14.2. The first kappa shape index (κ1) is 30.7. The molecular formula is C33H28BrN3O6S. The van der Waals surface area contributed by atoms with Crippen LogP contribution in [0.25, 0.3) is 6.08 Å². The zero-order valence-electron chi connectivity index (χ0n) is 24.3. The Morgan fingerprint density at radius 2 is 1.77 bits per heavy atom. The molecule has 2 heterocycles. The number of terminal acetylenes is 1. The molecule has 1 N–H and O–H groups in total. The lowest BCUT2D eigenvalue weighted by atomic mass is 9.94. The first-order chi connectivity index (χ1) is 21.3. The SMILES string of the molecule is C#CCOc1ccc(Br)cc1/C=c1\sc2n(c1=O)[C@H](c1cc(OC)c(OC)c(OC)c1)C(C(=O)Nc1ccccc1)=C(C)N=2. The van der Waals surface area contributed by atoms with E-state index in [0.717, 1.165) is 4.47 Å². The van der Waals surface area contributed by atoms with Gasteiger partial charge in [-0.3, -0.25) is 14.2 Å². The van der Waals surface area contributed by atoms with Gasteiger partial charge >= 0.3 is 0 Å². The molecule has 3 aromatic carbocycles. The van der Waals surface area contributed by atoms with Gasteiger partial charge in [0.05, 0.1) is 43.2 Å². The Labute approximate surface area is 266 Å². The summed E-state index contributed by atoms with van der Waals surface area (Å²) in [6.07, 6.45) is 7.14. The van der Waals surface area contributed by atoms with Gasteiger partial charge < -0.3 is 24.3 Å². The van der Waals surface area contributed by atoms with Crippen molar-refractivity contribution >= 4 is 44.9 Å². The number of hydrogen-bond acceptors (Lipinski definition) is 8. The van der Waals surface area contributed by atoms with E-state index >= 15 is 0 Å². The van der Waals surface area contributed by atoms with Crippen molar-refractivity contribution < 1.29 is 23.7 Å². The minimum atomic E-state index is -0.870. The van der Waals surface area contributed by atoms with E-state index in [1.54, 1.807) is 43.3 Å². The summed E-state index contributed by atoms with van der Waals surface area (Å²) in [5.41, 5.74) is 2.25. The number of rotatable bonds is 9. The number of allylic oxidation sites excluding steroid dienone is 1. The van der Waals surface area contributed by atoms with Gasteiger partial charge in [-0.25, -0.2) is 4.99 Å². The molecule has 0 unspecified atom stereocenters. The van der Waals surface area contributed by atoms with Crippen molar-refractivity contribution in [2.75, 3.05) is 33.3 Å². The smallest absolute Gasteiger partial charge is 0.271 e. The Bertz CT molecular complexity index is 1970. The normalized spacial score (nSPS) is 14.3. The summed E-state index contributed by atoms with van der Waals surface area (Å²) >= 11 is 4.70. The van der Waals surface area contributed by atoms with E-state index in [9.17, 15) is 9.59 Å². The van der Waals surface area contributed by atoms with Gasteiger partial charge in [0.1, 0.15) is 12.4 Å². The lowest BCUT2D eigenvalue weighted by molar-refractivity contribution is -0.113. The monoisotopic (exact) mass is 673 g/mol. The highest BCUT2D eigenvalue weighted by Gasteiger charge is 2.34. The average molecular weight is 675 g/mol. The predicted octanol–water partition coefficient (Wildman–Crippen LogP) is 4.67. The lowest BCUT2D eigenvalue weighted by Gasteiger charge is -2.26. The first-order valence-electron chi connectivity index (χ1n) is 13.3. The molecule has 0 bridgehead atoms. The number of para-hydroxylation sites is 1. The second kappa shape index (κ2) is 13.2. The molecule has 1 aliphatic rings. The highest BCUT2D eigenvalue weighted by Crippen LogP contribution is 2.42. The molecule has 1 aliphatic heterocycles. The number of carbonyl (C=O) groups is 1. The summed E-state index contributed by atoms with van der Waals surface area (Å²) in [6, 6.07) is 17.1. The molecule has 1 aromatic heterocycles. The van der Waals surface area contributed by atoms with Gasteiger partial charge in [0.25, 0.3) is 11.5 Å². The maximum Gasteiger partial charge on any atom is 0.271 e. The van der Waals surface area contributed by atoms with Crippen molar-refractivity contribution in [3.05, 3.63) is 107 Å². The molecule has 5 rings (SSSR count). The molecule has 0 radical (unpaired) electrons. The quantitative estimate of drug-likeness (QED) is 0.259. The van der Waals surface area contributed by atoms with Crippen molar-refractivity contribution in [2.45, 2.75) is 13.0 Å². The topological polar surface area (TPSA) is 100 Å². The average Bonchev–Trinajstić information content (AvgIpc) is 3.33. The molecule has 0 aliphatic carbocycles. The van der Waals surface area contributed by atoms with Crippen LogP contribution in [-0.2, 0) is 4.79 Å². The summed E-state index contributed by atoms with van der Waals surface area (Å²) in [5, 5.41) is 2.95. The molecule has 224 valence electrons. The number of anilines is 1. The van der Waals surface area contributed by atoms with Crippen LogP contribution in [0, 0.1) is 12.3 Å². The number of methoxy groups -OCH3 is 3. The molecule has 0 fully saturated rings. The van der Waals surface area contributed by atoms with Gasteiger partial charge in [-0.1, -0.05) is 51.4 Å². The zero-order chi connectivity index (χ0) is 31.4. The zero-order valence-corrected chi connectivity index (χ0v) is 26.7. The summed E-state index contributed by atoms with van der Waals surface area (Å²) < 4.78 is 25.2. The van der Waals surface area contributed by atoms with Gasteiger partial charge in [-0.2, -0.15) is 0 Å². The third kappa shape index (κ3) is 6.00. The van der Waals surface area contributed by atoms with Crippen LogP contribution in [0.5, 0.6) is 23.0 Å². The summed E-state index contributed by atoms with van der Waals surface area (Å²) in [5.74, 6) is 3.73. The van der Waals surface area contributed by atoms with Crippen LogP contribution in [-0.4, -0.2) is 38.4 Å². The third-order valence-corrected chi connectivity index (χ3v) is 8.35. The van der Waals surface area contributed by atoms with Crippen molar-refractivity contribution in [1.82, 2.24) is 4.57 Å². The number of nitrogens with one attached hydrogen (secondary N) is 1. The number of hydrogen-bond donors (Lipinski definition) is 1. The molecule has 11 heteroatoms. The standard InChI is InChI=1S/C33H28BrN3O6S/c1-6-14-43-24-13-12-22(34)15-20(24)18-27-32(39)37-29(21-16-25(40-3)30(42-5)26(17-21)41-4)28(19(2)35-33(37)44-27)31(38)36-23-10-8-7-9-11-23/h1,7-13,15-18,29H,14H2,2-5H3,(H,36,38)/b27-18-/t29-/m1/s1. The lowest BCUT2D eigenvalue weighted by Crippen LogP contribution is -2.40. The number of fused-ring (bicyclic) bond motifs is 1. The van der Waals surface area contributed by atoms with Gasteiger partial charge in [0, 0.05) is 15.7 Å². The van der Waals surface area contributed by atoms with Gasteiger partial charge in [0.15, 0.2) is 16.3 Å². The van der Waals surface area contributed by atoms with Crippen LogP contribution >= 0.6 is 27.3 Å². The fourth-order valence-electron chi connectivity index (χ4n) is 4.93. The number of nitrogens with zero attached hydrogens (tertiary/aromatic N) is 2. The van der Waals surface area contributed by atoms with Crippen LogP contribution in [0.4, 0.5) is 5.69 Å². The first-order valence-corrected chi connectivity index (χ1v) is 14.9. The van der Waals surface area contributed by atoms with E-state index in [4.69, 9.17) is 30.4 Å². The molecule has 44 heavy (non-hydrogen) atoms. The minimum Gasteiger partial charge on any atom is -0.493 e. The number of amides is 1. The van der Waals surface area contributed by atoms with Crippen LogP contribution in [0.3, 0.4) is 0 Å². The molecule has 0 saturated carbocycles. The highest BCUT2D eigenvalue weighted by molar-refractivity contribution is 9.10. The van der Waals surface area contributed by atoms with E-state index < -0.39 is 11.9 Å². The van der Waals surface area contributed by atoms with Crippen LogP contribution in [0.2, 0.25) is 0 Å². The summed E-state index contributed by atoms with van der Waals surface area (Å²) in [4.78, 5) is 33.3. The second-order valence-electron chi connectivity index (χ2n) is 9.54.